The molecule has 0 aliphatic rings. The molecular formula is C26H28O2. The maximum Gasteiger partial charge on any atom is 0.118 e. The second-order valence-corrected chi connectivity index (χ2v) is 5.57. The van der Waals surface area contributed by atoms with Crippen LogP contribution >= 0.6 is 0 Å². The molecule has 0 radical (unpaired) electrons. The molecule has 0 spiro atoms. The van der Waals surface area contributed by atoms with Crippen molar-refractivity contribution in [2.45, 2.75) is 0 Å². The molecule has 3 aromatic rings. The average Bonchev–Trinajstić information content (AvgIpc) is 2.80. The highest BCUT2D eigenvalue weighted by Gasteiger charge is 1.88. The fourth-order valence-corrected chi connectivity index (χ4v) is 2.07. The summed E-state index contributed by atoms with van der Waals surface area (Å²) in [6, 6.07) is 25.5. The molecule has 0 aliphatic heterocycles. The maximum atomic E-state index is 4.98. The number of rotatable bonds is 5. The highest BCUT2D eigenvalue weighted by Crippen LogP contribution is 2.12. The van der Waals surface area contributed by atoms with E-state index in [1.807, 2.05) is 84.9 Å². The standard InChI is InChI=1S/2C9H10O.C8H8/c2*1-3-8-4-6-9(10-2)7-5-8;1-2-8-6-4-3-5-7-8/h2*3-7H,1H2,2H3;2-7H,1H2. The predicted octanol–water partition coefficient (Wildman–Crippen LogP) is 7.01. The summed E-state index contributed by atoms with van der Waals surface area (Å²) in [4.78, 5) is 0. The largest absolute Gasteiger partial charge is 0.497 e. The van der Waals surface area contributed by atoms with E-state index in [1.54, 1.807) is 26.4 Å². The minimum absolute atomic E-state index is 0.880. The number of hydrogen-bond donors (Lipinski definition) is 0. The number of hydrogen-bond acceptors (Lipinski definition) is 2. The molecule has 0 saturated carbocycles. The van der Waals surface area contributed by atoms with Crippen LogP contribution in [-0.4, -0.2) is 14.2 Å². The Hall–Kier alpha value is -3.52. The van der Waals surface area contributed by atoms with Crippen LogP contribution in [0.3, 0.4) is 0 Å². The molecule has 0 aliphatic carbocycles. The van der Waals surface area contributed by atoms with E-state index in [2.05, 4.69) is 19.7 Å². The molecule has 0 amide bonds. The Morgan fingerprint density at radius 3 is 1.07 bits per heavy atom. The summed E-state index contributed by atoms with van der Waals surface area (Å²) < 4.78 is 9.96. The summed E-state index contributed by atoms with van der Waals surface area (Å²) in [7, 11) is 3.31. The Morgan fingerprint density at radius 2 is 0.821 bits per heavy atom. The zero-order valence-corrected chi connectivity index (χ0v) is 16.7. The van der Waals surface area contributed by atoms with Crippen molar-refractivity contribution >= 4 is 18.2 Å². The van der Waals surface area contributed by atoms with Crippen LogP contribution in [0.25, 0.3) is 18.2 Å². The van der Waals surface area contributed by atoms with Crippen LogP contribution in [0, 0.1) is 0 Å². The van der Waals surface area contributed by atoms with E-state index < -0.39 is 0 Å². The first-order valence-corrected chi connectivity index (χ1v) is 8.87. The molecule has 144 valence electrons. The van der Waals surface area contributed by atoms with Crippen molar-refractivity contribution < 1.29 is 9.47 Å². The number of benzene rings is 3. The predicted molar refractivity (Wildman–Crippen MR) is 123 cm³/mol. The van der Waals surface area contributed by atoms with Gasteiger partial charge in [0.1, 0.15) is 11.5 Å². The number of ether oxygens (including phenoxy) is 2. The summed E-state index contributed by atoms with van der Waals surface area (Å²) in [5.74, 6) is 1.76. The molecule has 3 aromatic carbocycles. The molecule has 0 fully saturated rings. The molecule has 0 saturated heterocycles. The molecule has 3 rings (SSSR count). The molecule has 28 heavy (non-hydrogen) atoms. The summed E-state index contributed by atoms with van der Waals surface area (Å²) in [6.07, 6.45) is 5.44. The van der Waals surface area contributed by atoms with E-state index >= 15 is 0 Å². The highest BCUT2D eigenvalue weighted by molar-refractivity contribution is 5.49. The van der Waals surface area contributed by atoms with Crippen LogP contribution in [0.4, 0.5) is 0 Å². The van der Waals surface area contributed by atoms with Crippen LogP contribution in [0.2, 0.25) is 0 Å². The molecule has 0 bridgehead atoms. The Morgan fingerprint density at radius 1 is 0.500 bits per heavy atom. The molecule has 0 aromatic heterocycles. The topological polar surface area (TPSA) is 18.5 Å². The van der Waals surface area contributed by atoms with Gasteiger partial charge in [0.05, 0.1) is 14.2 Å². The second kappa shape index (κ2) is 13.7. The Labute approximate surface area is 169 Å². The van der Waals surface area contributed by atoms with Gasteiger partial charge < -0.3 is 9.47 Å². The van der Waals surface area contributed by atoms with Gasteiger partial charge in [0.2, 0.25) is 0 Å². The molecule has 0 unspecified atom stereocenters. The lowest BCUT2D eigenvalue weighted by Gasteiger charge is -1.97. The fraction of sp³-hybridized carbons (Fsp3) is 0.0769. The Balaban J connectivity index is 0.000000212. The third-order valence-corrected chi connectivity index (χ3v) is 3.74. The van der Waals surface area contributed by atoms with Gasteiger partial charge in [-0.2, -0.15) is 0 Å². The molecular weight excluding hydrogens is 344 g/mol. The lowest BCUT2D eigenvalue weighted by Crippen LogP contribution is -1.80. The summed E-state index contributed by atoms with van der Waals surface area (Å²) in [6.45, 7) is 10.9. The lowest BCUT2D eigenvalue weighted by molar-refractivity contribution is 0.414. The minimum Gasteiger partial charge on any atom is -0.497 e. The number of methoxy groups -OCH3 is 2. The summed E-state index contributed by atoms with van der Waals surface area (Å²) >= 11 is 0. The Bertz CT molecular complexity index is 765. The van der Waals surface area contributed by atoms with Gasteiger partial charge in [-0.1, -0.05) is 92.6 Å². The zero-order valence-electron chi connectivity index (χ0n) is 16.7. The van der Waals surface area contributed by atoms with Crippen molar-refractivity contribution in [1.82, 2.24) is 0 Å². The monoisotopic (exact) mass is 372 g/mol. The van der Waals surface area contributed by atoms with Crippen molar-refractivity contribution in [3.05, 3.63) is 115 Å². The Kier molecular flexibility index (Phi) is 11.0. The molecule has 2 nitrogen and oxygen atoms in total. The molecule has 0 heterocycles. The summed E-state index contributed by atoms with van der Waals surface area (Å²) in [5, 5.41) is 0. The van der Waals surface area contributed by atoms with E-state index in [9.17, 15) is 0 Å². The fourth-order valence-electron chi connectivity index (χ4n) is 2.07. The van der Waals surface area contributed by atoms with Crippen molar-refractivity contribution in [2.24, 2.45) is 0 Å². The van der Waals surface area contributed by atoms with Crippen LogP contribution in [0.15, 0.2) is 98.6 Å². The molecule has 2 heteroatoms. The molecule has 0 atom stereocenters. The van der Waals surface area contributed by atoms with Gasteiger partial charge in [0, 0.05) is 0 Å². The normalized spacial score (nSPS) is 8.79. The first-order valence-electron chi connectivity index (χ1n) is 8.87. The lowest BCUT2D eigenvalue weighted by atomic mass is 10.2. The van der Waals surface area contributed by atoms with E-state index in [0.717, 1.165) is 22.6 Å². The smallest absolute Gasteiger partial charge is 0.118 e. The van der Waals surface area contributed by atoms with Crippen molar-refractivity contribution in [1.29, 1.82) is 0 Å². The van der Waals surface area contributed by atoms with Crippen molar-refractivity contribution in [3.8, 4) is 11.5 Å². The van der Waals surface area contributed by atoms with Crippen LogP contribution in [0.5, 0.6) is 11.5 Å². The van der Waals surface area contributed by atoms with Crippen molar-refractivity contribution in [3.63, 3.8) is 0 Å². The van der Waals surface area contributed by atoms with Gasteiger partial charge in [-0.3, -0.25) is 0 Å². The SMILES string of the molecule is C=Cc1ccc(OC)cc1.C=Cc1ccc(OC)cc1.C=Cc1ccccc1. The first-order chi connectivity index (χ1) is 13.7. The highest BCUT2D eigenvalue weighted by atomic mass is 16.5. The summed E-state index contributed by atoms with van der Waals surface area (Å²) in [5.41, 5.74) is 3.40. The van der Waals surface area contributed by atoms with Crippen LogP contribution in [0.1, 0.15) is 16.7 Å². The van der Waals surface area contributed by atoms with Gasteiger partial charge in [0.15, 0.2) is 0 Å². The second-order valence-electron chi connectivity index (χ2n) is 5.57. The average molecular weight is 373 g/mol. The van der Waals surface area contributed by atoms with Crippen LogP contribution < -0.4 is 9.47 Å². The van der Waals surface area contributed by atoms with Gasteiger partial charge in [-0.25, -0.2) is 0 Å². The van der Waals surface area contributed by atoms with Gasteiger partial charge in [-0.15, -0.1) is 0 Å². The first kappa shape index (κ1) is 22.5. The van der Waals surface area contributed by atoms with Gasteiger partial charge in [0.25, 0.3) is 0 Å². The minimum atomic E-state index is 0.880. The van der Waals surface area contributed by atoms with Crippen molar-refractivity contribution in [2.75, 3.05) is 14.2 Å². The third kappa shape index (κ3) is 8.72. The zero-order chi connectivity index (χ0) is 20.6. The molecule has 0 N–H and O–H groups in total. The van der Waals surface area contributed by atoms with Crippen LogP contribution in [-0.2, 0) is 0 Å². The van der Waals surface area contributed by atoms with E-state index in [0.29, 0.717) is 0 Å². The van der Waals surface area contributed by atoms with E-state index in [-0.39, 0.29) is 0 Å². The van der Waals surface area contributed by atoms with E-state index in [1.165, 1.54) is 5.56 Å². The van der Waals surface area contributed by atoms with Gasteiger partial charge >= 0.3 is 0 Å². The maximum absolute atomic E-state index is 4.98. The third-order valence-electron chi connectivity index (χ3n) is 3.74. The van der Waals surface area contributed by atoms with E-state index in [4.69, 9.17) is 9.47 Å². The quantitative estimate of drug-likeness (QED) is 0.480. The van der Waals surface area contributed by atoms with Gasteiger partial charge in [-0.05, 0) is 41.0 Å².